The van der Waals surface area contributed by atoms with Crippen molar-refractivity contribution in [2.75, 3.05) is 52.1 Å². The van der Waals surface area contributed by atoms with Crippen molar-refractivity contribution in [1.82, 2.24) is 14.7 Å². The van der Waals surface area contributed by atoms with Crippen LogP contribution in [0.4, 0.5) is 18.9 Å². The fourth-order valence-electron chi connectivity index (χ4n) is 2.90. The number of nitrogens with zero attached hydrogens (tertiary/aromatic N) is 3. The van der Waals surface area contributed by atoms with Gasteiger partial charge in [-0.15, -0.1) is 0 Å². The van der Waals surface area contributed by atoms with Gasteiger partial charge in [-0.3, -0.25) is 19.4 Å². The minimum atomic E-state index is -4.62. The molecular formula is C18H24ClF3N4O2. The number of likely N-dealkylation sites (N-methyl/N-ethyl adjacent to an activating group) is 1. The molecule has 1 heterocycles. The normalized spacial score (nSPS) is 17.2. The Balaban J connectivity index is 1.97. The Morgan fingerprint density at radius 2 is 1.82 bits per heavy atom. The number of hydrogen-bond acceptors (Lipinski definition) is 4. The second kappa shape index (κ2) is 9.11. The second-order valence-corrected chi connectivity index (χ2v) is 7.39. The van der Waals surface area contributed by atoms with Crippen LogP contribution in [0.1, 0.15) is 12.5 Å². The van der Waals surface area contributed by atoms with Crippen LogP contribution in [0, 0.1) is 0 Å². The van der Waals surface area contributed by atoms with E-state index >= 15 is 0 Å². The molecular weight excluding hydrogens is 397 g/mol. The Bertz CT molecular complexity index is 719. The number of amides is 2. The molecule has 6 nitrogen and oxygen atoms in total. The minimum Gasteiger partial charge on any atom is -0.348 e. The highest BCUT2D eigenvalue weighted by Crippen LogP contribution is 2.36. The molecule has 1 N–H and O–H groups in total. The monoisotopic (exact) mass is 420 g/mol. The molecule has 1 saturated heterocycles. The molecule has 1 aliphatic rings. The lowest BCUT2D eigenvalue weighted by Gasteiger charge is -2.37. The first-order chi connectivity index (χ1) is 13.0. The zero-order valence-corrected chi connectivity index (χ0v) is 16.8. The van der Waals surface area contributed by atoms with Gasteiger partial charge >= 0.3 is 6.18 Å². The average Bonchev–Trinajstić information content (AvgIpc) is 2.62. The Kier molecular flexibility index (Phi) is 7.30. The van der Waals surface area contributed by atoms with Crippen LogP contribution in [0.2, 0.25) is 5.02 Å². The number of alkyl halides is 3. The fourth-order valence-corrected chi connectivity index (χ4v) is 3.08. The van der Waals surface area contributed by atoms with Crippen LogP contribution in [0.3, 0.4) is 0 Å². The largest absolute Gasteiger partial charge is 0.418 e. The van der Waals surface area contributed by atoms with Gasteiger partial charge in [-0.25, -0.2) is 0 Å². The van der Waals surface area contributed by atoms with Gasteiger partial charge in [0.2, 0.25) is 11.8 Å². The summed E-state index contributed by atoms with van der Waals surface area (Å²) < 4.78 is 39.5. The number of carbonyl (C=O) groups excluding carboxylic acids is 2. The maximum atomic E-state index is 13.2. The van der Waals surface area contributed by atoms with Gasteiger partial charge in [-0.1, -0.05) is 11.6 Å². The number of piperazine rings is 1. The quantitative estimate of drug-likeness (QED) is 0.794. The number of rotatable bonds is 5. The van der Waals surface area contributed by atoms with E-state index in [0.717, 1.165) is 12.1 Å². The Morgan fingerprint density at radius 3 is 2.36 bits per heavy atom. The predicted molar refractivity (Wildman–Crippen MR) is 101 cm³/mol. The summed E-state index contributed by atoms with van der Waals surface area (Å²) in [5, 5.41) is 2.31. The van der Waals surface area contributed by atoms with E-state index < -0.39 is 23.7 Å². The summed E-state index contributed by atoms with van der Waals surface area (Å²) in [5.74, 6) is -0.521. The molecule has 0 spiro atoms. The van der Waals surface area contributed by atoms with E-state index in [1.165, 1.54) is 11.0 Å². The molecule has 1 aromatic carbocycles. The molecule has 2 rings (SSSR count). The van der Waals surface area contributed by atoms with Crippen LogP contribution < -0.4 is 5.32 Å². The summed E-state index contributed by atoms with van der Waals surface area (Å²) in [4.78, 5) is 29.7. The first-order valence-corrected chi connectivity index (χ1v) is 9.21. The van der Waals surface area contributed by atoms with Crippen LogP contribution in [0.5, 0.6) is 0 Å². The van der Waals surface area contributed by atoms with Crippen molar-refractivity contribution in [1.29, 1.82) is 0 Å². The van der Waals surface area contributed by atoms with Crippen molar-refractivity contribution in [3.05, 3.63) is 28.8 Å². The number of anilines is 1. The summed E-state index contributed by atoms with van der Waals surface area (Å²) in [6.45, 7) is 4.25. The van der Waals surface area contributed by atoms with Gasteiger partial charge in [0.1, 0.15) is 0 Å². The molecule has 0 saturated carbocycles. The first-order valence-electron chi connectivity index (χ1n) is 8.83. The first kappa shape index (κ1) is 22.4. The van der Waals surface area contributed by atoms with Gasteiger partial charge in [0.05, 0.1) is 23.8 Å². The third kappa shape index (κ3) is 5.83. The third-order valence-electron chi connectivity index (χ3n) is 4.74. The molecule has 156 valence electrons. The van der Waals surface area contributed by atoms with Crippen molar-refractivity contribution >= 4 is 29.1 Å². The maximum Gasteiger partial charge on any atom is 0.418 e. The third-order valence-corrected chi connectivity index (χ3v) is 4.97. The lowest BCUT2D eigenvalue weighted by Crippen LogP contribution is -2.54. The van der Waals surface area contributed by atoms with E-state index in [1.54, 1.807) is 21.0 Å². The molecule has 1 aromatic rings. The van der Waals surface area contributed by atoms with Gasteiger partial charge in [0.15, 0.2) is 0 Å². The highest BCUT2D eigenvalue weighted by atomic mass is 35.5. The Hall–Kier alpha value is -1.84. The molecule has 2 amide bonds. The van der Waals surface area contributed by atoms with E-state index in [0.29, 0.717) is 32.7 Å². The standard InChI is InChI=1S/C18H24ClF3N4O2/c1-12(26-8-6-25(7-9-26)11-16(27)24(2)3)17(28)23-15-5-4-13(19)10-14(15)18(20,21)22/h4-5,10,12H,6-9,11H2,1-3H3,(H,23,28). The van der Waals surface area contributed by atoms with Gasteiger partial charge in [0.25, 0.3) is 0 Å². The SMILES string of the molecule is CC(C(=O)Nc1ccc(Cl)cc1C(F)(F)F)N1CCN(CC(=O)N(C)C)CC1. The van der Waals surface area contributed by atoms with Crippen LogP contribution in [0.25, 0.3) is 0 Å². The molecule has 0 aliphatic carbocycles. The Morgan fingerprint density at radius 1 is 1.21 bits per heavy atom. The van der Waals surface area contributed by atoms with Crippen LogP contribution in [-0.2, 0) is 15.8 Å². The molecule has 1 aliphatic heterocycles. The van der Waals surface area contributed by atoms with E-state index in [4.69, 9.17) is 11.6 Å². The molecule has 0 aromatic heterocycles. The molecule has 28 heavy (non-hydrogen) atoms. The molecule has 0 radical (unpaired) electrons. The van der Waals surface area contributed by atoms with Crippen LogP contribution >= 0.6 is 11.6 Å². The van der Waals surface area contributed by atoms with E-state index in [1.807, 2.05) is 9.80 Å². The molecule has 0 bridgehead atoms. The molecule has 1 atom stereocenters. The number of halogens is 4. The minimum absolute atomic E-state index is 0.00154. The zero-order chi connectivity index (χ0) is 21.1. The smallest absolute Gasteiger partial charge is 0.348 e. The summed E-state index contributed by atoms with van der Waals surface area (Å²) in [7, 11) is 3.38. The number of benzene rings is 1. The maximum absolute atomic E-state index is 13.2. The number of hydrogen-bond donors (Lipinski definition) is 1. The molecule has 10 heteroatoms. The van der Waals surface area contributed by atoms with Gasteiger partial charge in [-0.2, -0.15) is 13.2 Å². The molecule has 1 fully saturated rings. The summed E-state index contributed by atoms with van der Waals surface area (Å²) in [6.07, 6.45) is -4.62. The van der Waals surface area contributed by atoms with E-state index in [2.05, 4.69) is 5.32 Å². The van der Waals surface area contributed by atoms with Crippen molar-refractivity contribution in [2.24, 2.45) is 0 Å². The van der Waals surface area contributed by atoms with Gasteiger partial charge in [0, 0.05) is 45.3 Å². The van der Waals surface area contributed by atoms with Gasteiger partial charge in [-0.05, 0) is 25.1 Å². The summed E-state index contributed by atoms with van der Waals surface area (Å²) in [6, 6.07) is 2.64. The van der Waals surface area contributed by atoms with E-state index in [9.17, 15) is 22.8 Å². The number of nitrogens with one attached hydrogen (secondary N) is 1. The van der Waals surface area contributed by atoms with E-state index in [-0.39, 0.29) is 16.6 Å². The topological polar surface area (TPSA) is 55.9 Å². The van der Waals surface area contributed by atoms with Crippen molar-refractivity contribution in [3.63, 3.8) is 0 Å². The highest BCUT2D eigenvalue weighted by Gasteiger charge is 2.35. The van der Waals surface area contributed by atoms with Crippen molar-refractivity contribution in [3.8, 4) is 0 Å². The van der Waals surface area contributed by atoms with Crippen LogP contribution in [0.15, 0.2) is 18.2 Å². The average molecular weight is 421 g/mol. The molecule has 1 unspecified atom stereocenters. The zero-order valence-electron chi connectivity index (χ0n) is 16.0. The predicted octanol–water partition coefficient (Wildman–Crippen LogP) is 2.39. The summed E-state index contributed by atoms with van der Waals surface area (Å²) in [5.41, 5.74) is -1.29. The lowest BCUT2D eigenvalue weighted by molar-refractivity contribution is -0.137. The summed E-state index contributed by atoms with van der Waals surface area (Å²) >= 11 is 5.66. The number of carbonyl (C=O) groups is 2. The second-order valence-electron chi connectivity index (χ2n) is 6.95. The van der Waals surface area contributed by atoms with Crippen molar-refractivity contribution < 1.29 is 22.8 Å². The highest BCUT2D eigenvalue weighted by molar-refractivity contribution is 6.30. The fraction of sp³-hybridized carbons (Fsp3) is 0.556. The van der Waals surface area contributed by atoms with Crippen LogP contribution in [-0.4, -0.2) is 79.4 Å². The Labute approximate surface area is 167 Å². The van der Waals surface area contributed by atoms with Gasteiger partial charge < -0.3 is 10.2 Å². The lowest BCUT2D eigenvalue weighted by atomic mass is 10.1. The van der Waals surface area contributed by atoms with Crippen molar-refractivity contribution in [2.45, 2.75) is 19.1 Å².